The Kier molecular flexibility index (Phi) is 16.3. The van der Waals surface area contributed by atoms with E-state index >= 15 is 0 Å². The maximum absolute atomic E-state index is 13.1. The van der Waals surface area contributed by atoms with Gasteiger partial charge in [0.15, 0.2) is 0 Å². The first-order valence-electron chi connectivity index (χ1n) is 13.4. The van der Waals surface area contributed by atoms with Gasteiger partial charge >= 0.3 is 65.7 Å². The Hall–Kier alpha value is -2.07. The molecule has 0 aromatic carbocycles. The van der Waals surface area contributed by atoms with E-state index in [0.29, 0.717) is 6.42 Å². The number of carboxylic acid groups (broad SMARTS) is 1. The van der Waals surface area contributed by atoms with E-state index in [0.717, 1.165) is 12.8 Å². The number of halogens is 22. The number of aliphatic carboxylic acids is 1. The predicted octanol–water partition coefficient (Wildman–Crippen LogP) is 12.0. The van der Waals surface area contributed by atoms with Gasteiger partial charge in [0, 0.05) is 6.42 Å². The van der Waals surface area contributed by atoms with Crippen LogP contribution in [0.3, 0.4) is 0 Å². The van der Waals surface area contributed by atoms with Crippen LogP contribution in [0.4, 0.5) is 96.6 Å². The molecule has 0 aromatic heterocycles. The summed E-state index contributed by atoms with van der Waals surface area (Å²) < 4.78 is 276. The molecule has 290 valence electrons. The van der Waals surface area contributed by atoms with E-state index in [1.165, 1.54) is 57.8 Å². The van der Waals surface area contributed by atoms with Gasteiger partial charge in [-0.05, 0) is 6.42 Å². The van der Waals surface area contributed by atoms with Gasteiger partial charge in [0.25, 0.3) is 0 Å². The number of rotatable bonds is 19. The van der Waals surface area contributed by atoms with Crippen molar-refractivity contribution in [2.24, 2.45) is 0 Å². The van der Waals surface area contributed by atoms with Crippen molar-refractivity contribution in [2.75, 3.05) is 0 Å². The van der Waals surface area contributed by atoms with Gasteiger partial charge in [-0.25, -0.2) is 0 Å². The highest BCUT2D eigenvalue weighted by Crippen LogP contribution is 2.66. The fourth-order valence-electron chi connectivity index (χ4n) is 3.48. The third kappa shape index (κ3) is 9.58. The van der Waals surface area contributed by atoms with Gasteiger partial charge in [0.1, 0.15) is 0 Å². The summed E-state index contributed by atoms with van der Waals surface area (Å²) in [5.74, 6) is -72.2. The number of hydrogen-bond donors (Lipinski definition) is 1. The van der Waals surface area contributed by atoms with Gasteiger partial charge in [0.05, 0.1) is 0 Å². The van der Waals surface area contributed by atoms with Crippen LogP contribution < -0.4 is 0 Å². The minimum absolute atomic E-state index is 0.344. The molecule has 0 aliphatic heterocycles. The van der Waals surface area contributed by atoms with Gasteiger partial charge in [0.2, 0.25) is 0 Å². The lowest BCUT2D eigenvalue weighted by Crippen LogP contribution is -2.76. The Morgan fingerprint density at radius 3 is 0.729 bits per heavy atom. The van der Waals surface area contributed by atoms with E-state index < -0.39 is 65.7 Å². The van der Waals surface area contributed by atoms with Gasteiger partial charge in [-0.2, -0.15) is 96.6 Å². The third-order valence-corrected chi connectivity index (χ3v) is 6.47. The van der Waals surface area contributed by atoms with Crippen LogP contribution in [0, 0.1) is 0 Å². The van der Waals surface area contributed by atoms with Gasteiger partial charge in [-0.3, -0.25) is 4.79 Å². The van der Waals surface area contributed by atoms with Crippen LogP contribution in [0.25, 0.3) is 0 Å². The average molecular weight is 766 g/mol. The summed E-state index contributed by atoms with van der Waals surface area (Å²) in [6, 6.07) is 0. The van der Waals surface area contributed by atoms with Crippen LogP contribution >= 0.6 is 0 Å². The summed E-state index contributed by atoms with van der Waals surface area (Å²) in [6.07, 6.45) is -1.69. The maximum atomic E-state index is 13.1. The second-order valence-corrected chi connectivity index (χ2v) is 10.3. The first-order chi connectivity index (χ1) is 21.0. The molecule has 0 spiro atoms. The molecule has 24 heteroatoms. The minimum atomic E-state index is -9.24. The highest BCUT2D eigenvalue weighted by molar-refractivity contribution is 5.66. The average Bonchev–Trinajstić information content (AvgIpc) is 2.89. The maximum Gasteiger partial charge on any atom is 0.460 e. The molecule has 1 N–H and O–H groups in total. The van der Waals surface area contributed by atoms with Gasteiger partial charge in [-0.15, -0.1) is 0 Å². The molecule has 0 fully saturated rings. The normalized spacial score (nSPS) is 14.9. The summed E-state index contributed by atoms with van der Waals surface area (Å²) in [5, 5.41) is 8.46. The molecule has 0 saturated heterocycles. The Morgan fingerprint density at radius 1 is 0.354 bits per heavy atom. The van der Waals surface area contributed by atoms with Crippen LogP contribution in [-0.4, -0.2) is 70.8 Å². The summed E-state index contributed by atoms with van der Waals surface area (Å²) in [6.45, 7) is 2.25. The largest absolute Gasteiger partial charge is 0.481 e. The molecule has 0 aromatic rings. The van der Waals surface area contributed by atoms with E-state index in [1.54, 1.807) is 0 Å². The molecule has 0 atom stereocenters. The molecule has 0 unspecified atom stereocenters. The molecule has 0 radical (unpaired) electrons. The fraction of sp³-hybridized carbons (Fsp3) is 0.958. The Morgan fingerprint density at radius 2 is 0.542 bits per heavy atom. The van der Waals surface area contributed by atoms with Crippen molar-refractivity contribution in [3.8, 4) is 0 Å². The van der Waals surface area contributed by atoms with Crippen molar-refractivity contribution in [3.05, 3.63) is 0 Å². The number of alkyl halides is 22. The van der Waals surface area contributed by atoms with Crippen molar-refractivity contribution >= 4 is 5.97 Å². The number of carboxylic acids is 1. The quantitative estimate of drug-likeness (QED) is 0.105. The summed E-state index contributed by atoms with van der Waals surface area (Å²) in [4.78, 5) is 10.3. The van der Waals surface area contributed by atoms with Crippen LogP contribution in [0.5, 0.6) is 0 Å². The van der Waals surface area contributed by atoms with Crippen LogP contribution in [0.1, 0.15) is 84.0 Å². The molecular weight excluding hydrogens is 738 g/mol. The Labute approximate surface area is 257 Å². The topological polar surface area (TPSA) is 37.3 Å². The predicted molar refractivity (Wildman–Crippen MR) is 120 cm³/mol. The molecule has 48 heavy (non-hydrogen) atoms. The first-order valence-corrected chi connectivity index (χ1v) is 13.4. The second-order valence-electron chi connectivity index (χ2n) is 10.3. The monoisotopic (exact) mass is 766 g/mol. The van der Waals surface area contributed by atoms with Gasteiger partial charge in [-0.1, -0.05) is 71.1 Å². The number of hydrogen-bond acceptors (Lipinski definition) is 1. The molecule has 0 heterocycles. The zero-order valence-electron chi connectivity index (χ0n) is 24.2. The molecular formula is C24H28F22O2. The van der Waals surface area contributed by atoms with Gasteiger partial charge < -0.3 is 5.11 Å². The molecule has 0 saturated carbocycles. The lowest BCUT2D eigenvalue weighted by Gasteiger charge is -2.43. The van der Waals surface area contributed by atoms with E-state index in [-0.39, 0.29) is 0 Å². The zero-order chi connectivity index (χ0) is 39.1. The smallest absolute Gasteiger partial charge is 0.460 e. The highest BCUT2D eigenvalue weighted by Gasteiger charge is 2.98. The SMILES string of the molecule is CCCCCCCCCCCCCC(=O)O.FC(F)(F)C(F)(F)C(F)(F)C(F)(F)C(F)(F)C(F)(F)C(F)(F)C(F)(F)C(F)(F)C(F)(F)F. The highest BCUT2D eigenvalue weighted by atomic mass is 19.4. The minimum Gasteiger partial charge on any atom is -0.481 e. The van der Waals surface area contributed by atoms with Crippen LogP contribution in [0.2, 0.25) is 0 Å². The Bertz CT molecular complexity index is 923. The molecule has 0 amide bonds. The van der Waals surface area contributed by atoms with Crippen molar-refractivity contribution in [1.29, 1.82) is 0 Å². The molecule has 0 aliphatic carbocycles. The molecule has 0 bridgehead atoms. The summed E-state index contributed by atoms with van der Waals surface area (Å²) in [7, 11) is 0. The lowest BCUT2D eigenvalue weighted by molar-refractivity contribution is -0.478. The Balaban J connectivity index is 0. The second kappa shape index (κ2) is 16.3. The van der Waals surface area contributed by atoms with Crippen LogP contribution in [-0.2, 0) is 4.79 Å². The molecule has 0 aliphatic rings. The standard InChI is InChI=1S/C14H28O2.C10F22/c1-2-3-4-5-6-7-8-9-10-11-12-13-14(15)16;11-1(12,3(15,16)5(19,20)7(23,24)9(27,28)29)2(13,14)4(17,18)6(21,22)8(25,26)10(30,31)32/h2-13H2,1H3,(H,15,16);. The van der Waals surface area contributed by atoms with E-state index in [1.807, 2.05) is 0 Å². The fourth-order valence-corrected chi connectivity index (χ4v) is 3.48. The number of carbonyl (C=O) groups is 1. The van der Waals surface area contributed by atoms with Crippen molar-refractivity contribution in [3.63, 3.8) is 0 Å². The van der Waals surface area contributed by atoms with Crippen molar-refractivity contribution < 1.29 is 106 Å². The zero-order valence-corrected chi connectivity index (χ0v) is 24.2. The van der Waals surface area contributed by atoms with E-state index in [2.05, 4.69) is 6.92 Å². The summed E-state index contributed by atoms with van der Waals surface area (Å²) >= 11 is 0. The lowest BCUT2D eigenvalue weighted by atomic mass is 9.87. The third-order valence-electron chi connectivity index (χ3n) is 6.47. The number of unbranched alkanes of at least 4 members (excludes halogenated alkanes) is 10. The van der Waals surface area contributed by atoms with E-state index in [9.17, 15) is 101 Å². The van der Waals surface area contributed by atoms with Crippen molar-refractivity contribution in [2.45, 2.75) is 144 Å². The first kappa shape index (κ1) is 48.0. The molecule has 2 nitrogen and oxygen atoms in total. The van der Waals surface area contributed by atoms with E-state index in [4.69, 9.17) is 5.11 Å². The summed E-state index contributed by atoms with van der Waals surface area (Å²) in [5.41, 5.74) is 0. The van der Waals surface area contributed by atoms with Crippen molar-refractivity contribution in [1.82, 2.24) is 0 Å². The van der Waals surface area contributed by atoms with Crippen LogP contribution in [0.15, 0.2) is 0 Å². The molecule has 0 rings (SSSR count).